The Balaban J connectivity index is 2.27. The predicted molar refractivity (Wildman–Crippen MR) is 61.0 cm³/mol. The number of benzene rings is 1. The number of hydrogen-bond donors (Lipinski definition) is 1. The molecule has 0 radical (unpaired) electrons. The van der Waals surface area contributed by atoms with Gasteiger partial charge in [0.05, 0.1) is 0 Å². The second-order valence-electron chi connectivity index (χ2n) is 4.44. The van der Waals surface area contributed by atoms with E-state index >= 15 is 0 Å². The molecule has 2 rings (SSSR count). The Morgan fingerprint density at radius 1 is 1.25 bits per heavy atom. The zero-order valence-corrected chi connectivity index (χ0v) is 9.47. The van der Waals surface area contributed by atoms with E-state index in [9.17, 15) is 8.78 Å². The molecule has 0 unspecified atom stereocenters. The smallest absolute Gasteiger partial charge is 0.263 e. The van der Waals surface area contributed by atoms with Crippen LogP contribution in [0.4, 0.5) is 8.78 Å². The first kappa shape index (κ1) is 11.5. The van der Waals surface area contributed by atoms with Crippen LogP contribution in [0.5, 0.6) is 0 Å². The fourth-order valence-corrected chi connectivity index (χ4v) is 2.37. The summed E-state index contributed by atoms with van der Waals surface area (Å²) in [7, 11) is 0. The van der Waals surface area contributed by atoms with E-state index in [2.05, 4.69) is 5.32 Å². The van der Waals surface area contributed by atoms with Crippen LogP contribution in [0.15, 0.2) is 18.2 Å². The fraction of sp³-hybridized carbons (Fsp3) is 0.538. The number of nitrogens with one attached hydrogen (secondary N) is 1. The summed E-state index contributed by atoms with van der Waals surface area (Å²) in [5.41, 5.74) is 2.40. The Kier molecular flexibility index (Phi) is 3.54. The van der Waals surface area contributed by atoms with Gasteiger partial charge in [0.2, 0.25) is 0 Å². The van der Waals surface area contributed by atoms with Crippen LogP contribution in [0.1, 0.15) is 41.9 Å². The molecule has 1 fully saturated rings. The summed E-state index contributed by atoms with van der Waals surface area (Å²) in [6, 6.07) is 5.04. The predicted octanol–water partition coefficient (Wildman–Crippen LogP) is 3.40. The van der Waals surface area contributed by atoms with Crippen LogP contribution >= 0.6 is 0 Å². The van der Waals surface area contributed by atoms with Crippen LogP contribution in [0.25, 0.3) is 0 Å². The van der Waals surface area contributed by atoms with Gasteiger partial charge in [-0.25, -0.2) is 8.78 Å². The molecule has 0 aromatic heterocycles. The van der Waals surface area contributed by atoms with E-state index in [1.165, 1.54) is 6.07 Å². The molecule has 1 nitrogen and oxygen atoms in total. The summed E-state index contributed by atoms with van der Waals surface area (Å²) < 4.78 is 25.3. The van der Waals surface area contributed by atoms with Crippen LogP contribution in [-0.4, -0.2) is 13.1 Å². The van der Waals surface area contributed by atoms with Crippen molar-refractivity contribution in [3.05, 3.63) is 34.9 Å². The highest BCUT2D eigenvalue weighted by Crippen LogP contribution is 2.31. The van der Waals surface area contributed by atoms with Gasteiger partial charge in [0.15, 0.2) is 0 Å². The molecule has 1 heterocycles. The third-order valence-electron chi connectivity index (χ3n) is 3.33. The van der Waals surface area contributed by atoms with E-state index in [0.29, 0.717) is 5.92 Å². The van der Waals surface area contributed by atoms with Crippen molar-refractivity contribution in [2.24, 2.45) is 0 Å². The SMILES string of the molecule is Cc1ccc(C(F)F)cc1C1CCNCC1. The molecule has 3 heteroatoms. The fourth-order valence-electron chi connectivity index (χ4n) is 2.37. The standard InChI is InChI=1S/C13H17F2N/c1-9-2-3-11(13(14)15)8-12(9)10-4-6-16-7-5-10/h2-3,8,10,13,16H,4-7H2,1H3. The maximum Gasteiger partial charge on any atom is 0.263 e. The normalized spacial score (nSPS) is 18.0. The second kappa shape index (κ2) is 4.91. The zero-order valence-electron chi connectivity index (χ0n) is 9.47. The summed E-state index contributed by atoms with van der Waals surface area (Å²) >= 11 is 0. The minimum atomic E-state index is -2.36. The van der Waals surface area contributed by atoms with Crippen molar-refractivity contribution in [3.8, 4) is 0 Å². The molecule has 1 aliphatic heterocycles. The molecule has 0 bridgehead atoms. The largest absolute Gasteiger partial charge is 0.317 e. The summed E-state index contributed by atoms with van der Waals surface area (Å²) in [5.74, 6) is 0.444. The van der Waals surface area contributed by atoms with E-state index in [1.807, 2.05) is 13.0 Å². The van der Waals surface area contributed by atoms with Gasteiger partial charge in [-0.1, -0.05) is 12.1 Å². The van der Waals surface area contributed by atoms with E-state index < -0.39 is 6.43 Å². The van der Waals surface area contributed by atoms with Gasteiger partial charge in [0.25, 0.3) is 6.43 Å². The lowest BCUT2D eigenvalue weighted by Crippen LogP contribution is -2.27. The van der Waals surface area contributed by atoms with Gasteiger partial charge < -0.3 is 5.32 Å². The molecule has 1 aromatic carbocycles. The Bertz CT molecular complexity index is 357. The highest BCUT2D eigenvalue weighted by atomic mass is 19.3. The first-order valence-corrected chi connectivity index (χ1v) is 5.78. The number of halogens is 2. The lowest BCUT2D eigenvalue weighted by molar-refractivity contribution is 0.151. The third-order valence-corrected chi connectivity index (χ3v) is 3.33. The van der Waals surface area contributed by atoms with Crippen molar-refractivity contribution >= 4 is 0 Å². The van der Waals surface area contributed by atoms with Gasteiger partial charge in [-0.05, 0) is 56.0 Å². The molecule has 1 N–H and O–H groups in total. The molecule has 0 spiro atoms. The molecular formula is C13H17F2N. The maximum absolute atomic E-state index is 12.6. The molecule has 0 atom stereocenters. The topological polar surface area (TPSA) is 12.0 Å². The van der Waals surface area contributed by atoms with E-state index in [1.54, 1.807) is 6.07 Å². The van der Waals surface area contributed by atoms with E-state index in [-0.39, 0.29) is 5.56 Å². The highest BCUT2D eigenvalue weighted by Gasteiger charge is 2.18. The van der Waals surface area contributed by atoms with E-state index in [0.717, 1.165) is 37.1 Å². The monoisotopic (exact) mass is 225 g/mol. The van der Waals surface area contributed by atoms with Crippen LogP contribution in [-0.2, 0) is 0 Å². The van der Waals surface area contributed by atoms with Crippen LogP contribution in [0.2, 0.25) is 0 Å². The van der Waals surface area contributed by atoms with Crippen LogP contribution < -0.4 is 5.32 Å². The van der Waals surface area contributed by atoms with Gasteiger partial charge >= 0.3 is 0 Å². The number of piperidine rings is 1. The summed E-state index contributed by atoms with van der Waals surface area (Å²) in [4.78, 5) is 0. The van der Waals surface area contributed by atoms with Gasteiger partial charge in [-0.3, -0.25) is 0 Å². The van der Waals surface area contributed by atoms with E-state index in [4.69, 9.17) is 0 Å². The maximum atomic E-state index is 12.6. The Labute approximate surface area is 94.9 Å². The Morgan fingerprint density at radius 3 is 2.56 bits per heavy atom. The molecule has 0 amide bonds. The number of aryl methyl sites for hydroxylation is 1. The minimum absolute atomic E-state index is 0.152. The van der Waals surface area contributed by atoms with Crippen molar-refractivity contribution in [1.82, 2.24) is 5.32 Å². The molecular weight excluding hydrogens is 208 g/mol. The molecule has 1 aliphatic rings. The third kappa shape index (κ3) is 2.40. The summed E-state index contributed by atoms with van der Waals surface area (Å²) in [6.07, 6.45) is -0.262. The van der Waals surface area contributed by atoms with Crippen molar-refractivity contribution in [2.45, 2.75) is 32.1 Å². The van der Waals surface area contributed by atoms with Crippen molar-refractivity contribution in [1.29, 1.82) is 0 Å². The average Bonchev–Trinajstić information content (AvgIpc) is 2.30. The molecule has 0 saturated carbocycles. The van der Waals surface area contributed by atoms with Gasteiger partial charge in [-0.15, -0.1) is 0 Å². The average molecular weight is 225 g/mol. The zero-order chi connectivity index (χ0) is 11.5. The van der Waals surface area contributed by atoms with Crippen LogP contribution in [0, 0.1) is 6.92 Å². The first-order valence-electron chi connectivity index (χ1n) is 5.78. The van der Waals surface area contributed by atoms with Crippen molar-refractivity contribution in [2.75, 3.05) is 13.1 Å². The lowest BCUT2D eigenvalue weighted by atomic mass is 9.86. The number of rotatable bonds is 2. The quantitative estimate of drug-likeness (QED) is 0.813. The van der Waals surface area contributed by atoms with Crippen molar-refractivity contribution < 1.29 is 8.78 Å². The molecule has 88 valence electrons. The molecule has 1 saturated heterocycles. The number of hydrogen-bond acceptors (Lipinski definition) is 1. The highest BCUT2D eigenvalue weighted by molar-refractivity contribution is 5.34. The lowest BCUT2D eigenvalue weighted by Gasteiger charge is -2.25. The molecule has 1 aromatic rings. The second-order valence-corrected chi connectivity index (χ2v) is 4.44. The minimum Gasteiger partial charge on any atom is -0.317 e. The molecule has 0 aliphatic carbocycles. The van der Waals surface area contributed by atoms with Crippen molar-refractivity contribution in [3.63, 3.8) is 0 Å². The number of alkyl halides is 2. The Hall–Kier alpha value is -0.960. The van der Waals surface area contributed by atoms with Crippen LogP contribution in [0.3, 0.4) is 0 Å². The Morgan fingerprint density at radius 2 is 1.94 bits per heavy atom. The summed E-state index contributed by atoms with van der Waals surface area (Å²) in [6.45, 7) is 3.98. The van der Waals surface area contributed by atoms with Gasteiger partial charge in [0.1, 0.15) is 0 Å². The molecule has 16 heavy (non-hydrogen) atoms. The summed E-state index contributed by atoms with van der Waals surface area (Å²) in [5, 5.41) is 3.29. The van der Waals surface area contributed by atoms with Gasteiger partial charge in [-0.2, -0.15) is 0 Å². The first-order chi connectivity index (χ1) is 7.68. The van der Waals surface area contributed by atoms with Gasteiger partial charge in [0, 0.05) is 5.56 Å².